The summed E-state index contributed by atoms with van der Waals surface area (Å²) in [4.78, 5) is 0.475. The number of halogens is 3. The fraction of sp³-hybridized carbons (Fsp3) is 0.538. The number of hydrogen-bond acceptors (Lipinski definition) is 0. The van der Waals surface area contributed by atoms with E-state index in [1.807, 2.05) is 18.2 Å². The molecule has 0 bridgehead atoms. The van der Waals surface area contributed by atoms with Crippen LogP contribution in [-0.4, -0.2) is 4.83 Å². The van der Waals surface area contributed by atoms with E-state index >= 15 is 0 Å². The van der Waals surface area contributed by atoms with Crippen molar-refractivity contribution in [3.63, 3.8) is 0 Å². The molecular formula is C13H17BrCl2. The summed E-state index contributed by atoms with van der Waals surface area (Å²) in [5.41, 5.74) is 1.14. The largest absolute Gasteiger partial charge is 0.0890 e. The fourth-order valence-electron chi connectivity index (χ4n) is 1.88. The Labute approximate surface area is 116 Å². The molecule has 0 aromatic heterocycles. The second-order valence-electron chi connectivity index (χ2n) is 4.53. The lowest BCUT2D eigenvalue weighted by molar-refractivity contribution is 0.384. The molecule has 16 heavy (non-hydrogen) atoms. The van der Waals surface area contributed by atoms with Crippen LogP contribution >= 0.6 is 39.1 Å². The molecule has 0 aliphatic carbocycles. The Balaban J connectivity index is 2.89. The van der Waals surface area contributed by atoms with Gasteiger partial charge in [0.25, 0.3) is 0 Å². The molecule has 0 N–H and O–H groups in total. The molecule has 0 saturated heterocycles. The first-order chi connectivity index (χ1) is 7.41. The Bertz CT molecular complexity index is 340. The molecule has 90 valence electrons. The van der Waals surface area contributed by atoms with E-state index in [9.17, 15) is 0 Å². The molecule has 1 rings (SSSR count). The number of benzene rings is 1. The van der Waals surface area contributed by atoms with Crippen molar-refractivity contribution in [2.75, 3.05) is 0 Å². The first kappa shape index (κ1) is 14.3. The van der Waals surface area contributed by atoms with Crippen molar-refractivity contribution in [2.45, 2.75) is 32.0 Å². The maximum absolute atomic E-state index is 6.18. The van der Waals surface area contributed by atoms with E-state index in [2.05, 4.69) is 36.7 Å². The van der Waals surface area contributed by atoms with E-state index in [1.54, 1.807) is 0 Å². The normalized spacial score (nSPS) is 15.2. The molecule has 0 aliphatic rings. The molecule has 2 unspecified atom stereocenters. The van der Waals surface area contributed by atoms with Crippen LogP contribution in [0.5, 0.6) is 0 Å². The maximum atomic E-state index is 6.18. The van der Waals surface area contributed by atoms with Crippen molar-refractivity contribution in [3.05, 3.63) is 33.8 Å². The summed E-state index contributed by atoms with van der Waals surface area (Å²) < 4.78 is 0. The Kier molecular flexibility index (Phi) is 5.63. The average molecular weight is 324 g/mol. The number of alkyl halides is 1. The van der Waals surface area contributed by atoms with Crippen molar-refractivity contribution < 1.29 is 0 Å². The van der Waals surface area contributed by atoms with Crippen molar-refractivity contribution >= 4 is 39.1 Å². The first-order valence-electron chi connectivity index (χ1n) is 5.49. The van der Waals surface area contributed by atoms with Gasteiger partial charge in [0.15, 0.2) is 0 Å². The van der Waals surface area contributed by atoms with Gasteiger partial charge in [0, 0.05) is 14.9 Å². The van der Waals surface area contributed by atoms with Gasteiger partial charge in [-0.05, 0) is 42.0 Å². The van der Waals surface area contributed by atoms with Crippen molar-refractivity contribution in [1.29, 1.82) is 0 Å². The minimum absolute atomic E-state index is 0.475. The van der Waals surface area contributed by atoms with Crippen molar-refractivity contribution in [3.8, 4) is 0 Å². The lowest BCUT2D eigenvalue weighted by Gasteiger charge is -2.24. The summed E-state index contributed by atoms with van der Waals surface area (Å²) >= 11 is 15.8. The summed E-state index contributed by atoms with van der Waals surface area (Å²) in [6, 6.07) is 5.67. The monoisotopic (exact) mass is 322 g/mol. The molecule has 1 aromatic carbocycles. The smallest absolute Gasteiger partial charge is 0.0439 e. The highest BCUT2D eigenvalue weighted by Gasteiger charge is 2.20. The molecule has 1 aromatic rings. The molecule has 3 heteroatoms. The highest BCUT2D eigenvalue weighted by Crippen LogP contribution is 2.29. The number of rotatable bonds is 4. The van der Waals surface area contributed by atoms with Crippen LogP contribution in [0.25, 0.3) is 0 Å². The number of hydrogen-bond donors (Lipinski definition) is 0. The molecule has 0 spiro atoms. The van der Waals surface area contributed by atoms with E-state index in [1.165, 1.54) is 0 Å². The van der Waals surface area contributed by atoms with Gasteiger partial charge in [0.05, 0.1) is 0 Å². The molecule has 0 saturated carbocycles. The van der Waals surface area contributed by atoms with Crippen LogP contribution in [0.15, 0.2) is 18.2 Å². The molecule has 0 amide bonds. The average Bonchev–Trinajstić information content (AvgIpc) is 2.18. The Morgan fingerprint density at radius 1 is 1.19 bits per heavy atom. The van der Waals surface area contributed by atoms with Gasteiger partial charge < -0.3 is 0 Å². The van der Waals surface area contributed by atoms with Crippen LogP contribution in [0.2, 0.25) is 10.0 Å². The molecule has 0 nitrogen and oxygen atoms in total. The van der Waals surface area contributed by atoms with Crippen LogP contribution in [0, 0.1) is 11.8 Å². The highest BCUT2D eigenvalue weighted by molar-refractivity contribution is 9.09. The van der Waals surface area contributed by atoms with Gasteiger partial charge in [0.2, 0.25) is 0 Å². The topological polar surface area (TPSA) is 0 Å². The van der Waals surface area contributed by atoms with Gasteiger partial charge in [0.1, 0.15) is 0 Å². The summed E-state index contributed by atoms with van der Waals surface area (Å²) in [5.74, 6) is 1.18. The van der Waals surface area contributed by atoms with Crippen molar-refractivity contribution in [1.82, 2.24) is 0 Å². The van der Waals surface area contributed by atoms with Crippen LogP contribution < -0.4 is 0 Å². The highest BCUT2D eigenvalue weighted by atomic mass is 79.9. The summed E-state index contributed by atoms with van der Waals surface area (Å²) in [6.07, 6.45) is 0.962. The van der Waals surface area contributed by atoms with Crippen LogP contribution in [0.4, 0.5) is 0 Å². The standard InChI is InChI=1S/C13H17BrCl2/c1-8(2)12(9(3)14)7-10-6-11(15)4-5-13(10)16/h4-6,8-9,12H,7H2,1-3H3. The van der Waals surface area contributed by atoms with E-state index in [0.29, 0.717) is 16.7 Å². The maximum Gasteiger partial charge on any atom is 0.0439 e. The fourth-order valence-corrected chi connectivity index (χ4v) is 3.07. The van der Waals surface area contributed by atoms with Crippen LogP contribution in [-0.2, 0) is 6.42 Å². The minimum Gasteiger partial charge on any atom is -0.0890 e. The van der Waals surface area contributed by atoms with E-state index in [-0.39, 0.29) is 0 Å². The zero-order valence-electron chi connectivity index (χ0n) is 9.81. The SMILES string of the molecule is CC(C)C(Cc1cc(Cl)ccc1Cl)C(C)Br. The van der Waals surface area contributed by atoms with E-state index < -0.39 is 0 Å². The van der Waals surface area contributed by atoms with Crippen molar-refractivity contribution in [2.24, 2.45) is 11.8 Å². The molecule has 0 fully saturated rings. The second kappa shape index (κ2) is 6.28. The summed E-state index contributed by atoms with van der Waals surface area (Å²) in [7, 11) is 0. The molecular weight excluding hydrogens is 307 g/mol. The van der Waals surface area contributed by atoms with Gasteiger partial charge in [-0.2, -0.15) is 0 Å². The lowest BCUT2D eigenvalue weighted by atomic mass is 9.87. The third-order valence-corrected chi connectivity index (χ3v) is 4.19. The van der Waals surface area contributed by atoms with Gasteiger partial charge in [-0.3, -0.25) is 0 Å². The zero-order chi connectivity index (χ0) is 12.3. The Morgan fingerprint density at radius 3 is 2.31 bits per heavy atom. The van der Waals surface area contributed by atoms with Crippen LogP contribution in [0.3, 0.4) is 0 Å². The van der Waals surface area contributed by atoms with Gasteiger partial charge in [-0.1, -0.05) is 59.9 Å². The minimum atomic E-state index is 0.475. The van der Waals surface area contributed by atoms with Gasteiger partial charge >= 0.3 is 0 Å². The zero-order valence-corrected chi connectivity index (χ0v) is 12.9. The Hall–Kier alpha value is 0.280. The predicted molar refractivity (Wildman–Crippen MR) is 76.9 cm³/mol. The van der Waals surface area contributed by atoms with Gasteiger partial charge in [-0.25, -0.2) is 0 Å². The lowest BCUT2D eigenvalue weighted by Crippen LogP contribution is -2.20. The van der Waals surface area contributed by atoms with E-state index in [4.69, 9.17) is 23.2 Å². The molecule has 0 aliphatic heterocycles. The second-order valence-corrected chi connectivity index (χ2v) is 6.81. The van der Waals surface area contributed by atoms with E-state index in [0.717, 1.165) is 22.0 Å². The van der Waals surface area contributed by atoms with Crippen LogP contribution in [0.1, 0.15) is 26.3 Å². The molecule has 0 radical (unpaired) electrons. The third kappa shape index (κ3) is 3.94. The molecule has 0 heterocycles. The summed E-state index contributed by atoms with van der Waals surface area (Å²) in [6.45, 7) is 6.66. The molecule has 2 atom stereocenters. The predicted octanol–water partition coefficient (Wildman–Crippen LogP) is 5.59. The summed E-state index contributed by atoms with van der Waals surface area (Å²) in [5, 5.41) is 1.56. The van der Waals surface area contributed by atoms with Gasteiger partial charge in [-0.15, -0.1) is 0 Å². The quantitative estimate of drug-likeness (QED) is 0.633. The Morgan fingerprint density at radius 2 is 1.81 bits per heavy atom. The third-order valence-electron chi connectivity index (χ3n) is 2.91. The first-order valence-corrected chi connectivity index (χ1v) is 7.17.